The van der Waals surface area contributed by atoms with Gasteiger partial charge in [-0.3, -0.25) is 4.99 Å². The van der Waals surface area contributed by atoms with Crippen molar-refractivity contribution in [3.63, 3.8) is 0 Å². The molecule has 0 saturated carbocycles. The van der Waals surface area contributed by atoms with E-state index in [2.05, 4.69) is 36.9 Å². The minimum atomic E-state index is -0.352. The van der Waals surface area contributed by atoms with Gasteiger partial charge in [-0.2, -0.15) is 0 Å². The third kappa shape index (κ3) is 5.78. The second-order valence-electron chi connectivity index (χ2n) is 6.34. The van der Waals surface area contributed by atoms with E-state index in [1.165, 1.54) is 7.11 Å². The van der Waals surface area contributed by atoms with Gasteiger partial charge in [-0.1, -0.05) is 37.9 Å². The van der Waals surface area contributed by atoms with Gasteiger partial charge in [0.05, 0.1) is 18.4 Å². The average molecular weight is 517 g/mol. The van der Waals surface area contributed by atoms with Crippen LogP contribution in [0.3, 0.4) is 0 Å². The average Bonchev–Trinajstić information content (AvgIpc) is 2.72. The summed E-state index contributed by atoms with van der Waals surface area (Å²) in [5.41, 5.74) is 4.26. The molecule has 3 aromatic rings. The van der Waals surface area contributed by atoms with Gasteiger partial charge in [-0.15, -0.1) is 0 Å². The van der Waals surface area contributed by atoms with Crippen molar-refractivity contribution < 1.29 is 14.3 Å². The molecular weight excluding hydrogens is 498 g/mol. The lowest BCUT2D eigenvalue weighted by Crippen LogP contribution is -2.00. The van der Waals surface area contributed by atoms with E-state index in [0.717, 1.165) is 37.1 Å². The molecule has 0 aromatic heterocycles. The van der Waals surface area contributed by atoms with E-state index in [-0.39, 0.29) is 5.97 Å². The first kappa shape index (κ1) is 21.3. The minimum Gasteiger partial charge on any atom is -0.489 e. The largest absolute Gasteiger partial charge is 0.489 e. The van der Waals surface area contributed by atoms with E-state index in [9.17, 15) is 4.79 Å². The molecule has 0 bridgehead atoms. The van der Waals surface area contributed by atoms with Crippen molar-refractivity contribution in [1.29, 1.82) is 0 Å². The Morgan fingerprint density at radius 2 is 1.79 bits per heavy atom. The highest BCUT2D eigenvalue weighted by atomic mass is 79.9. The van der Waals surface area contributed by atoms with Crippen LogP contribution in [-0.2, 0) is 11.3 Å². The summed E-state index contributed by atoms with van der Waals surface area (Å²) >= 11 is 6.99. The molecule has 0 radical (unpaired) electrons. The number of hydrogen-bond acceptors (Lipinski definition) is 4. The molecule has 0 fully saturated rings. The summed E-state index contributed by atoms with van der Waals surface area (Å²) < 4.78 is 12.6. The van der Waals surface area contributed by atoms with Gasteiger partial charge in [0.1, 0.15) is 12.4 Å². The van der Waals surface area contributed by atoms with Crippen molar-refractivity contribution in [2.75, 3.05) is 7.11 Å². The van der Waals surface area contributed by atoms with Gasteiger partial charge >= 0.3 is 5.97 Å². The lowest BCUT2D eigenvalue weighted by molar-refractivity contribution is 0.0600. The molecular formula is C23H19Br2NO3. The molecule has 3 rings (SSSR count). The summed E-state index contributed by atoms with van der Waals surface area (Å²) in [5, 5.41) is 0. The smallest absolute Gasteiger partial charge is 0.337 e. The number of aryl methyl sites for hydroxylation is 1. The van der Waals surface area contributed by atoms with Crippen LogP contribution in [0.15, 0.2) is 74.6 Å². The number of carbonyl (C=O) groups excluding carboxylic acids is 1. The van der Waals surface area contributed by atoms with Gasteiger partial charge < -0.3 is 9.47 Å². The van der Waals surface area contributed by atoms with Crippen molar-refractivity contribution in [3.8, 4) is 5.75 Å². The van der Waals surface area contributed by atoms with Gasteiger partial charge in [-0.25, -0.2) is 4.79 Å². The first-order chi connectivity index (χ1) is 14.0. The predicted octanol–water partition coefficient (Wildman–Crippen LogP) is 6.64. The minimum absolute atomic E-state index is 0.352. The number of hydrogen-bond donors (Lipinski definition) is 0. The number of ether oxygens (including phenoxy) is 2. The molecule has 3 aromatic carbocycles. The molecule has 0 saturated heterocycles. The van der Waals surface area contributed by atoms with Crippen molar-refractivity contribution in [2.24, 2.45) is 4.99 Å². The molecule has 0 N–H and O–H groups in total. The van der Waals surface area contributed by atoms with Crippen molar-refractivity contribution in [2.45, 2.75) is 13.5 Å². The van der Waals surface area contributed by atoms with Gasteiger partial charge in [0.2, 0.25) is 0 Å². The molecule has 0 aliphatic carbocycles. The molecule has 0 atom stereocenters. The summed E-state index contributed by atoms with van der Waals surface area (Å²) in [4.78, 5) is 16.1. The van der Waals surface area contributed by atoms with Crippen molar-refractivity contribution >= 4 is 49.7 Å². The number of carbonyl (C=O) groups is 1. The first-order valence-electron chi connectivity index (χ1n) is 8.86. The van der Waals surface area contributed by atoms with Crippen LogP contribution in [-0.4, -0.2) is 19.3 Å². The number of benzene rings is 3. The third-order valence-electron chi connectivity index (χ3n) is 4.26. The van der Waals surface area contributed by atoms with E-state index >= 15 is 0 Å². The quantitative estimate of drug-likeness (QED) is 0.272. The summed E-state index contributed by atoms with van der Waals surface area (Å²) in [6.45, 7) is 2.39. The van der Waals surface area contributed by atoms with E-state index in [1.54, 1.807) is 18.3 Å². The lowest BCUT2D eigenvalue weighted by Gasteiger charge is -2.08. The highest BCUT2D eigenvalue weighted by Gasteiger charge is 2.07. The van der Waals surface area contributed by atoms with Crippen LogP contribution in [0.25, 0.3) is 0 Å². The lowest BCUT2D eigenvalue weighted by atomic mass is 10.1. The van der Waals surface area contributed by atoms with Crippen LogP contribution in [0.2, 0.25) is 0 Å². The monoisotopic (exact) mass is 515 g/mol. The molecule has 29 heavy (non-hydrogen) atoms. The van der Waals surface area contributed by atoms with E-state index in [4.69, 9.17) is 9.47 Å². The van der Waals surface area contributed by atoms with Crippen LogP contribution in [0.1, 0.15) is 27.0 Å². The third-order valence-corrected chi connectivity index (χ3v) is 5.49. The number of halogens is 2. The van der Waals surface area contributed by atoms with Gasteiger partial charge in [-0.05, 0) is 72.6 Å². The molecule has 0 aliphatic rings. The zero-order valence-corrected chi connectivity index (χ0v) is 19.2. The molecule has 0 aliphatic heterocycles. The predicted molar refractivity (Wildman–Crippen MR) is 122 cm³/mol. The second-order valence-corrected chi connectivity index (χ2v) is 8.11. The molecule has 0 unspecified atom stereocenters. The fraction of sp³-hybridized carbons (Fsp3) is 0.130. The maximum Gasteiger partial charge on any atom is 0.337 e. The van der Waals surface area contributed by atoms with E-state index < -0.39 is 0 Å². The van der Waals surface area contributed by atoms with Crippen LogP contribution in [0, 0.1) is 6.92 Å². The second kappa shape index (κ2) is 9.85. The summed E-state index contributed by atoms with van der Waals surface area (Å²) in [6.07, 6.45) is 1.79. The maximum atomic E-state index is 11.6. The molecule has 0 amide bonds. The molecule has 6 heteroatoms. The Morgan fingerprint density at radius 1 is 1.03 bits per heavy atom. The zero-order chi connectivity index (χ0) is 20.8. The topological polar surface area (TPSA) is 47.9 Å². The van der Waals surface area contributed by atoms with Crippen LogP contribution < -0.4 is 4.74 Å². The molecule has 0 spiro atoms. The van der Waals surface area contributed by atoms with Crippen LogP contribution in [0.4, 0.5) is 5.69 Å². The van der Waals surface area contributed by atoms with E-state index in [0.29, 0.717) is 12.2 Å². The number of methoxy groups -OCH3 is 1. The first-order valence-corrected chi connectivity index (χ1v) is 10.4. The van der Waals surface area contributed by atoms with Crippen molar-refractivity contribution in [3.05, 3.63) is 91.9 Å². The highest BCUT2D eigenvalue weighted by molar-refractivity contribution is 9.11. The van der Waals surface area contributed by atoms with Gasteiger partial charge in [0.25, 0.3) is 0 Å². The maximum absolute atomic E-state index is 11.6. The fourth-order valence-corrected chi connectivity index (χ4v) is 3.80. The number of rotatable bonds is 6. The Labute approximate surface area is 186 Å². The zero-order valence-electron chi connectivity index (χ0n) is 16.0. The Bertz CT molecular complexity index is 1050. The molecule has 4 nitrogen and oxygen atoms in total. The van der Waals surface area contributed by atoms with E-state index in [1.807, 2.05) is 55.5 Å². The van der Waals surface area contributed by atoms with Gasteiger partial charge in [0.15, 0.2) is 0 Å². The number of nitrogens with zero attached hydrogens (tertiary/aromatic N) is 1. The summed E-state index contributed by atoms with van der Waals surface area (Å²) in [6, 6.07) is 19.0. The Hall–Kier alpha value is -2.44. The Morgan fingerprint density at radius 3 is 2.45 bits per heavy atom. The van der Waals surface area contributed by atoms with Crippen LogP contribution in [0.5, 0.6) is 5.75 Å². The highest BCUT2D eigenvalue weighted by Crippen LogP contribution is 2.24. The fourth-order valence-electron chi connectivity index (χ4n) is 2.64. The van der Waals surface area contributed by atoms with Crippen molar-refractivity contribution in [1.82, 2.24) is 0 Å². The Kier molecular flexibility index (Phi) is 7.23. The van der Waals surface area contributed by atoms with Crippen LogP contribution >= 0.6 is 31.9 Å². The number of aliphatic imine (C=N–C) groups is 1. The summed E-state index contributed by atoms with van der Waals surface area (Å²) in [5.74, 6) is 0.435. The SMILES string of the molecule is COC(=O)c1ccc(N=Cc2ccc(OCc3ccc(Br)cc3Br)cc2)c(C)c1. The summed E-state index contributed by atoms with van der Waals surface area (Å²) in [7, 11) is 1.37. The normalized spacial score (nSPS) is 10.9. The standard InChI is InChI=1S/C23H19Br2NO3/c1-15-11-17(23(27)28-2)6-10-22(15)26-13-16-3-8-20(9-4-16)29-14-18-5-7-19(24)12-21(18)25/h3-13H,14H2,1-2H3. The Balaban J connectivity index is 1.63. The molecule has 0 heterocycles. The van der Waals surface area contributed by atoms with Gasteiger partial charge in [0, 0.05) is 20.7 Å². The number of esters is 1. The molecule has 148 valence electrons.